The van der Waals surface area contributed by atoms with Crippen molar-refractivity contribution in [2.75, 3.05) is 0 Å². The Kier molecular flexibility index (Phi) is 4.15. The second-order valence-corrected chi connectivity index (χ2v) is 11.9. The van der Waals surface area contributed by atoms with Gasteiger partial charge in [-0.25, -0.2) is 4.98 Å². The largest absolute Gasteiger partial charge is 0.296 e. The maximum Gasteiger partial charge on any atom is 0.114 e. The molecule has 10 rings (SSSR count). The number of fused-ring (bicyclic) bond motifs is 6. The lowest BCUT2D eigenvalue weighted by molar-refractivity contribution is 0.908. The van der Waals surface area contributed by atoms with E-state index < -0.39 is 24.2 Å². The molecule has 1 aliphatic carbocycles. The average Bonchev–Trinajstić information content (AvgIpc) is 3.76. The molecule has 0 saturated carbocycles. The Hall–Kier alpha value is -5.99. The van der Waals surface area contributed by atoms with Crippen LogP contribution in [0, 0.1) is 0 Å². The molecule has 220 valence electrons. The highest BCUT2D eigenvalue weighted by Gasteiger charge is 2.24. The molecule has 47 heavy (non-hydrogen) atoms. The van der Waals surface area contributed by atoms with E-state index in [2.05, 4.69) is 22.8 Å². The standard InChI is InChI=1S/C45H30N2/c1-2-42-46-40-23-9-10-24-41(40)47(42)29-14-11-13-28(27-29)43-33-17-5-7-19-35(33)45(36-20-8-6-18-34(36)43)39-26-25-38-31-16-4-3-15-30(31)32-21-12-22-37(39)44(32)38/h3-27H,2H2,1H3/i5D,6D,7D,8D,17D,18D,19D,20D. The van der Waals surface area contributed by atoms with E-state index >= 15 is 0 Å². The minimum atomic E-state index is -0.425. The third kappa shape index (κ3) is 3.70. The molecule has 8 aromatic carbocycles. The highest BCUT2D eigenvalue weighted by atomic mass is 15.1. The van der Waals surface area contributed by atoms with Gasteiger partial charge in [-0.3, -0.25) is 4.57 Å². The van der Waals surface area contributed by atoms with Crippen molar-refractivity contribution in [2.45, 2.75) is 13.3 Å². The third-order valence-electron chi connectivity index (χ3n) is 9.53. The number of aryl methyl sites for hydroxylation is 1. The first kappa shape index (κ1) is 19.5. The molecule has 1 heterocycles. The minimum absolute atomic E-state index is 0.188. The fourth-order valence-electron chi connectivity index (χ4n) is 7.61. The fourth-order valence-corrected chi connectivity index (χ4v) is 7.61. The average molecular weight is 607 g/mol. The third-order valence-corrected chi connectivity index (χ3v) is 9.53. The molecule has 1 aromatic heterocycles. The van der Waals surface area contributed by atoms with Crippen LogP contribution < -0.4 is 0 Å². The van der Waals surface area contributed by atoms with Gasteiger partial charge in [0.2, 0.25) is 0 Å². The molecule has 0 atom stereocenters. The Balaban J connectivity index is 1.41. The normalized spacial score (nSPS) is 14.4. The van der Waals surface area contributed by atoms with Gasteiger partial charge in [-0.1, -0.05) is 134 Å². The van der Waals surface area contributed by atoms with Crippen LogP contribution in [-0.4, -0.2) is 9.55 Å². The van der Waals surface area contributed by atoms with Gasteiger partial charge >= 0.3 is 0 Å². The van der Waals surface area contributed by atoms with Crippen molar-refractivity contribution in [1.82, 2.24) is 9.55 Å². The molecular formula is C45H30N2. The molecule has 9 aromatic rings. The number of hydrogen-bond acceptors (Lipinski definition) is 1. The first-order valence-corrected chi connectivity index (χ1v) is 15.8. The second kappa shape index (κ2) is 10.0. The first-order chi connectivity index (χ1) is 26.6. The molecule has 0 saturated heterocycles. The van der Waals surface area contributed by atoms with Crippen LogP contribution in [0.2, 0.25) is 0 Å². The van der Waals surface area contributed by atoms with Crippen molar-refractivity contribution >= 4 is 43.4 Å². The molecule has 0 aliphatic heterocycles. The minimum Gasteiger partial charge on any atom is -0.296 e. The number of nitrogens with zero attached hydrogens (tertiary/aromatic N) is 2. The van der Waals surface area contributed by atoms with E-state index in [1.54, 1.807) is 0 Å². The number of hydrogen-bond donors (Lipinski definition) is 0. The quantitative estimate of drug-likeness (QED) is 0.182. The fraction of sp³-hybridized carbons (Fsp3) is 0.0444. The molecule has 0 spiro atoms. The summed E-state index contributed by atoms with van der Waals surface area (Å²) < 4.78 is 75.6. The van der Waals surface area contributed by atoms with Gasteiger partial charge in [-0.05, 0) is 101 Å². The van der Waals surface area contributed by atoms with Gasteiger partial charge in [0.15, 0.2) is 0 Å². The number of aromatic nitrogens is 2. The molecule has 0 bridgehead atoms. The maximum absolute atomic E-state index is 9.48. The van der Waals surface area contributed by atoms with E-state index in [0.29, 0.717) is 28.7 Å². The van der Waals surface area contributed by atoms with Crippen LogP contribution in [0.15, 0.2) is 151 Å². The summed E-state index contributed by atoms with van der Waals surface area (Å²) >= 11 is 0. The Bertz CT molecular complexity index is 3070. The van der Waals surface area contributed by atoms with E-state index in [-0.39, 0.29) is 45.7 Å². The number of benzene rings is 8. The topological polar surface area (TPSA) is 17.8 Å². The van der Waals surface area contributed by atoms with Crippen molar-refractivity contribution < 1.29 is 11.0 Å². The van der Waals surface area contributed by atoms with Crippen molar-refractivity contribution in [3.8, 4) is 50.2 Å². The van der Waals surface area contributed by atoms with Crippen molar-refractivity contribution in [1.29, 1.82) is 0 Å². The number of para-hydroxylation sites is 2. The van der Waals surface area contributed by atoms with E-state index in [9.17, 15) is 5.48 Å². The molecule has 0 N–H and O–H groups in total. The van der Waals surface area contributed by atoms with Crippen LogP contribution in [0.3, 0.4) is 0 Å². The lowest BCUT2D eigenvalue weighted by Gasteiger charge is -2.20. The number of rotatable bonds is 4. The van der Waals surface area contributed by atoms with Crippen LogP contribution in [0.25, 0.3) is 93.5 Å². The number of imidazole rings is 1. The van der Waals surface area contributed by atoms with Crippen LogP contribution in [0.4, 0.5) is 0 Å². The molecule has 0 unspecified atom stereocenters. The predicted molar refractivity (Wildman–Crippen MR) is 198 cm³/mol. The summed E-state index contributed by atoms with van der Waals surface area (Å²) in [5, 5.41) is 2.58. The highest BCUT2D eigenvalue weighted by Crippen LogP contribution is 2.51. The van der Waals surface area contributed by atoms with Crippen molar-refractivity contribution in [2.24, 2.45) is 0 Å². The molecular weight excluding hydrogens is 569 g/mol. The van der Waals surface area contributed by atoms with Gasteiger partial charge in [0.1, 0.15) is 5.82 Å². The van der Waals surface area contributed by atoms with Crippen LogP contribution >= 0.6 is 0 Å². The Labute approximate surface area is 284 Å². The van der Waals surface area contributed by atoms with E-state index in [1.807, 2.05) is 91.9 Å². The van der Waals surface area contributed by atoms with Gasteiger partial charge in [0.25, 0.3) is 0 Å². The molecule has 0 amide bonds. The Morgan fingerprint density at radius 2 is 1.15 bits per heavy atom. The van der Waals surface area contributed by atoms with Gasteiger partial charge in [-0.15, -0.1) is 0 Å². The molecule has 0 radical (unpaired) electrons. The van der Waals surface area contributed by atoms with Gasteiger partial charge in [0.05, 0.1) is 22.0 Å². The smallest absolute Gasteiger partial charge is 0.114 e. The van der Waals surface area contributed by atoms with Gasteiger partial charge in [0, 0.05) is 12.1 Å². The van der Waals surface area contributed by atoms with Crippen LogP contribution in [0.5, 0.6) is 0 Å². The van der Waals surface area contributed by atoms with Crippen LogP contribution in [0.1, 0.15) is 23.7 Å². The predicted octanol–water partition coefficient (Wildman–Crippen LogP) is 12.0. The summed E-state index contributed by atoms with van der Waals surface area (Å²) in [6.07, 6.45) is 0.653. The van der Waals surface area contributed by atoms with Gasteiger partial charge < -0.3 is 0 Å². The van der Waals surface area contributed by atoms with Crippen LogP contribution in [-0.2, 0) is 6.42 Å². The van der Waals surface area contributed by atoms with Crippen molar-refractivity contribution in [3.63, 3.8) is 0 Å². The summed E-state index contributed by atoms with van der Waals surface area (Å²) in [7, 11) is 0. The summed E-state index contributed by atoms with van der Waals surface area (Å²) in [4.78, 5) is 4.87. The zero-order valence-electron chi connectivity index (χ0n) is 33.4. The Morgan fingerprint density at radius 1 is 0.553 bits per heavy atom. The lowest BCUT2D eigenvalue weighted by atomic mass is 9.84. The first-order valence-electron chi connectivity index (χ1n) is 19.8. The van der Waals surface area contributed by atoms with E-state index in [4.69, 9.17) is 10.5 Å². The zero-order chi connectivity index (χ0) is 38.0. The molecule has 2 heteroatoms. The summed E-state index contributed by atoms with van der Waals surface area (Å²) in [6.45, 7) is 2.03. The highest BCUT2D eigenvalue weighted by molar-refractivity contribution is 6.26. The maximum atomic E-state index is 9.48. The SMILES string of the molecule is [2H]c1c([2H])c([2H])c2c(-c3ccc4c5c(cccc35)-c3ccccc3-4)c3c([2H])c([2H])c([2H])c([2H])c3c(-c3cccc(-n4c(CC)nc5ccccc54)c3)c2c1[2H]. The lowest BCUT2D eigenvalue weighted by Crippen LogP contribution is -2.00. The Morgan fingerprint density at radius 3 is 1.87 bits per heavy atom. The summed E-state index contributed by atoms with van der Waals surface area (Å²) in [5.41, 5.74) is 8.58. The summed E-state index contributed by atoms with van der Waals surface area (Å²) in [6, 6.07) is 30.7. The molecule has 2 nitrogen and oxygen atoms in total. The van der Waals surface area contributed by atoms with Crippen molar-refractivity contribution in [3.05, 3.63) is 157 Å². The van der Waals surface area contributed by atoms with Gasteiger partial charge in [-0.2, -0.15) is 0 Å². The van der Waals surface area contributed by atoms with E-state index in [1.165, 1.54) is 0 Å². The molecule has 1 aliphatic rings. The second-order valence-electron chi connectivity index (χ2n) is 11.9. The summed E-state index contributed by atoms with van der Waals surface area (Å²) in [5.74, 6) is 0.835. The zero-order valence-corrected chi connectivity index (χ0v) is 25.4. The monoisotopic (exact) mass is 606 g/mol. The van der Waals surface area contributed by atoms with E-state index in [0.717, 1.165) is 55.6 Å². The molecule has 0 fully saturated rings.